The van der Waals surface area contributed by atoms with E-state index in [1.807, 2.05) is 0 Å². The molecule has 0 spiro atoms. The van der Waals surface area contributed by atoms with Crippen LogP contribution in [0.1, 0.15) is 132 Å². The summed E-state index contributed by atoms with van der Waals surface area (Å²) < 4.78 is 0. The molecule has 3 nitrogen and oxygen atoms in total. The first-order chi connectivity index (χ1) is 17.2. The summed E-state index contributed by atoms with van der Waals surface area (Å²) >= 11 is 0. The van der Waals surface area contributed by atoms with Crippen molar-refractivity contribution in [2.45, 2.75) is 144 Å². The van der Waals surface area contributed by atoms with Crippen molar-refractivity contribution in [2.75, 3.05) is 6.61 Å². The van der Waals surface area contributed by atoms with Gasteiger partial charge in [0.2, 0.25) is 0 Å². The standard InChI is InChI=1S/C34H60O3/c1-22(9-10-25(36)26(37)21-35)23-13-18-31(4)24(23)14-19-33(6)28(31)11-12-29-32(5)17-8-16-30(2,3)27(32)15-20-34(29,33)7/h22-29,35-37H,8-21H2,1-7H3/t22-,23-,24+,25?,26?,27+,28-,29-,31+,32+,33-,34-/m1/s1. The minimum atomic E-state index is -1.00. The van der Waals surface area contributed by atoms with Crippen LogP contribution >= 0.6 is 0 Å². The van der Waals surface area contributed by atoms with E-state index in [0.29, 0.717) is 39.4 Å². The third-order valence-electron chi connectivity index (χ3n) is 15.0. The molecule has 0 bridgehead atoms. The van der Waals surface area contributed by atoms with Crippen molar-refractivity contribution in [3.05, 3.63) is 0 Å². The zero-order valence-corrected chi connectivity index (χ0v) is 25.4. The average Bonchev–Trinajstić information content (AvgIpc) is 3.18. The van der Waals surface area contributed by atoms with Crippen LogP contribution in [0.3, 0.4) is 0 Å². The first kappa shape index (κ1) is 28.4. The molecule has 0 radical (unpaired) electrons. The molecule has 5 aliphatic rings. The summed E-state index contributed by atoms with van der Waals surface area (Å²) in [5, 5.41) is 29.3. The topological polar surface area (TPSA) is 60.7 Å². The third kappa shape index (κ3) is 4.05. The molecule has 3 heteroatoms. The first-order valence-corrected chi connectivity index (χ1v) is 16.2. The van der Waals surface area contributed by atoms with Crippen molar-refractivity contribution in [1.82, 2.24) is 0 Å². The predicted octanol–water partition coefficient (Wildman–Crippen LogP) is 7.61. The molecule has 0 aliphatic heterocycles. The number of aliphatic hydroxyl groups is 3. The van der Waals surface area contributed by atoms with Crippen LogP contribution in [0.5, 0.6) is 0 Å². The van der Waals surface area contributed by atoms with Gasteiger partial charge in [0.05, 0.1) is 12.7 Å². The Labute approximate surface area is 228 Å². The molecule has 5 rings (SSSR count). The fourth-order valence-corrected chi connectivity index (χ4v) is 13.0. The minimum Gasteiger partial charge on any atom is -0.394 e. The van der Waals surface area contributed by atoms with Crippen LogP contribution < -0.4 is 0 Å². The van der Waals surface area contributed by atoms with Crippen LogP contribution in [-0.4, -0.2) is 34.1 Å². The molecular weight excluding hydrogens is 456 g/mol. The van der Waals surface area contributed by atoms with Crippen LogP contribution in [0.4, 0.5) is 0 Å². The SMILES string of the molecule is C[C@H](CCC(O)C(O)CO)[C@H]1CC[C@]2(C)[C@H]3CC[C@@H]4[C@@]5(C)CCCC(C)(C)[C@@H]5CC[C@@]4(C)[C@]3(C)CC[C@@H]12. The number of hydrogen-bond donors (Lipinski definition) is 3. The molecule has 0 heterocycles. The Morgan fingerprint density at radius 2 is 1.27 bits per heavy atom. The average molecular weight is 517 g/mol. The molecular formula is C34H60O3. The molecule has 0 saturated heterocycles. The third-order valence-corrected chi connectivity index (χ3v) is 15.0. The van der Waals surface area contributed by atoms with E-state index in [1.165, 1.54) is 70.6 Å². The summed E-state index contributed by atoms with van der Waals surface area (Å²) in [6.07, 6.45) is 15.3. The van der Waals surface area contributed by atoms with E-state index in [0.717, 1.165) is 36.0 Å². The maximum Gasteiger partial charge on any atom is 0.103 e. The van der Waals surface area contributed by atoms with Gasteiger partial charge < -0.3 is 15.3 Å². The van der Waals surface area contributed by atoms with Gasteiger partial charge in [-0.2, -0.15) is 0 Å². The van der Waals surface area contributed by atoms with Crippen molar-refractivity contribution in [2.24, 2.45) is 62.6 Å². The highest BCUT2D eigenvalue weighted by atomic mass is 16.4. The van der Waals surface area contributed by atoms with Crippen molar-refractivity contribution < 1.29 is 15.3 Å². The Bertz CT molecular complexity index is 839. The molecule has 5 saturated carbocycles. The summed E-state index contributed by atoms with van der Waals surface area (Å²) in [4.78, 5) is 0. The lowest BCUT2D eigenvalue weighted by molar-refractivity contribution is -0.241. The van der Waals surface area contributed by atoms with Crippen molar-refractivity contribution >= 4 is 0 Å². The van der Waals surface area contributed by atoms with Gasteiger partial charge in [-0.15, -0.1) is 0 Å². The molecule has 0 amide bonds. The van der Waals surface area contributed by atoms with Gasteiger partial charge in [-0.1, -0.05) is 54.9 Å². The molecule has 2 unspecified atom stereocenters. The van der Waals surface area contributed by atoms with E-state index in [2.05, 4.69) is 48.5 Å². The molecule has 0 aromatic rings. The smallest absolute Gasteiger partial charge is 0.103 e. The van der Waals surface area contributed by atoms with Gasteiger partial charge in [0.1, 0.15) is 6.10 Å². The quantitative estimate of drug-likeness (QED) is 0.340. The van der Waals surface area contributed by atoms with E-state index in [4.69, 9.17) is 0 Å². The number of hydrogen-bond acceptors (Lipinski definition) is 3. The number of aliphatic hydroxyl groups excluding tert-OH is 3. The second-order valence-corrected chi connectivity index (χ2v) is 16.7. The van der Waals surface area contributed by atoms with Crippen LogP contribution in [0, 0.1) is 62.6 Å². The van der Waals surface area contributed by atoms with Crippen LogP contribution in [0.25, 0.3) is 0 Å². The minimum absolute atomic E-state index is 0.350. The summed E-state index contributed by atoms with van der Waals surface area (Å²) in [5.74, 6) is 4.75. The molecule has 214 valence electrons. The van der Waals surface area contributed by atoms with E-state index in [-0.39, 0.29) is 6.61 Å². The number of fused-ring (bicyclic) bond motifs is 7. The highest BCUT2D eigenvalue weighted by molar-refractivity contribution is 5.19. The summed E-state index contributed by atoms with van der Waals surface area (Å²) in [6, 6.07) is 0. The largest absolute Gasteiger partial charge is 0.394 e. The van der Waals surface area contributed by atoms with E-state index in [9.17, 15) is 15.3 Å². The van der Waals surface area contributed by atoms with Gasteiger partial charge in [-0.25, -0.2) is 0 Å². The summed E-state index contributed by atoms with van der Waals surface area (Å²) in [5.41, 5.74) is 2.40. The Hall–Kier alpha value is -0.120. The van der Waals surface area contributed by atoms with Gasteiger partial charge >= 0.3 is 0 Å². The van der Waals surface area contributed by atoms with Crippen LogP contribution in [0.2, 0.25) is 0 Å². The Morgan fingerprint density at radius 1 is 0.649 bits per heavy atom. The van der Waals surface area contributed by atoms with Crippen molar-refractivity contribution in [3.8, 4) is 0 Å². The van der Waals surface area contributed by atoms with E-state index in [1.54, 1.807) is 0 Å². The molecule has 5 fully saturated rings. The van der Waals surface area contributed by atoms with Gasteiger partial charge in [-0.3, -0.25) is 0 Å². The monoisotopic (exact) mass is 516 g/mol. The van der Waals surface area contributed by atoms with E-state index >= 15 is 0 Å². The first-order valence-electron chi connectivity index (χ1n) is 16.2. The Morgan fingerprint density at radius 3 is 1.92 bits per heavy atom. The summed E-state index contributed by atoms with van der Waals surface area (Å²) in [7, 11) is 0. The summed E-state index contributed by atoms with van der Waals surface area (Å²) in [6.45, 7) is 18.2. The second kappa shape index (κ2) is 9.47. The Kier molecular flexibility index (Phi) is 7.27. The van der Waals surface area contributed by atoms with Gasteiger partial charge in [0, 0.05) is 0 Å². The lowest BCUT2D eigenvalue weighted by Gasteiger charge is -2.73. The van der Waals surface area contributed by atoms with Crippen molar-refractivity contribution in [1.29, 1.82) is 0 Å². The van der Waals surface area contributed by atoms with Gasteiger partial charge in [0.15, 0.2) is 0 Å². The molecule has 12 atom stereocenters. The molecule has 5 aliphatic carbocycles. The normalized spacial score (nSPS) is 51.2. The predicted molar refractivity (Wildman–Crippen MR) is 152 cm³/mol. The molecule has 3 N–H and O–H groups in total. The fourth-order valence-electron chi connectivity index (χ4n) is 13.0. The highest BCUT2D eigenvalue weighted by Crippen LogP contribution is 2.78. The molecule has 0 aromatic carbocycles. The zero-order chi connectivity index (χ0) is 27.0. The second-order valence-electron chi connectivity index (χ2n) is 16.7. The van der Waals surface area contributed by atoms with Crippen molar-refractivity contribution in [3.63, 3.8) is 0 Å². The van der Waals surface area contributed by atoms with Gasteiger partial charge in [0.25, 0.3) is 0 Å². The van der Waals surface area contributed by atoms with Gasteiger partial charge in [-0.05, 0) is 140 Å². The highest BCUT2D eigenvalue weighted by Gasteiger charge is 2.70. The van der Waals surface area contributed by atoms with Crippen LogP contribution in [-0.2, 0) is 0 Å². The Balaban J connectivity index is 1.36. The van der Waals surface area contributed by atoms with E-state index < -0.39 is 12.2 Å². The molecule has 37 heavy (non-hydrogen) atoms. The lowest BCUT2D eigenvalue weighted by atomic mass is 9.32. The van der Waals surface area contributed by atoms with Crippen LogP contribution in [0.15, 0.2) is 0 Å². The zero-order valence-electron chi connectivity index (χ0n) is 25.4. The lowest BCUT2D eigenvalue weighted by Crippen LogP contribution is -2.65. The number of rotatable bonds is 6. The molecule has 0 aromatic heterocycles. The maximum absolute atomic E-state index is 10.2. The fraction of sp³-hybridized carbons (Fsp3) is 1.00. The maximum atomic E-state index is 10.2.